The highest BCUT2D eigenvalue weighted by molar-refractivity contribution is 6.10. The second-order valence-corrected chi connectivity index (χ2v) is 13.7. The van der Waals surface area contributed by atoms with Crippen LogP contribution in [0.4, 0.5) is 0 Å². The van der Waals surface area contributed by atoms with Gasteiger partial charge >= 0.3 is 0 Å². The minimum absolute atomic E-state index is 0.627. The van der Waals surface area contributed by atoms with Crippen molar-refractivity contribution < 1.29 is 0 Å². The molecular weight excluding hydrogens is 669 g/mol. The highest BCUT2D eigenvalue weighted by Gasteiger charge is 2.17. The van der Waals surface area contributed by atoms with E-state index in [0.29, 0.717) is 17.5 Å². The Labute approximate surface area is 319 Å². The van der Waals surface area contributed by atoms with E-state index < -0.39 is 0 Å². The molecule has 0 radical (unpaired) electrons. The lowest BCUT2D eigenvalue weighted by molar-refractivity contribution is 1.07. The average Bonchev–Trinajstić information content (AvgIpc) is 3.61. The standard InChI is InChI=1S/C51H34N4/c1-4-13-35(14-5-1)37-23-25-39(26-24-37)42-19-12-20-44(33-42)55-47-22-11-10-21-45(47)46-32-31-43(34-48(46)55)51-53-49(40-17-8-3-9-18-40)52-50(54-51)41-29-27-38(28-30-41)36-15-6-2-7-16-36/h1-34H. The van der Waals surface area contributed by atoms with Crippen molar-refractivity contribution in [3.05, 3.63) is 206 Å². The molecule has 0 saturated carbocycles. The van der Waals surface area contributed by atoms with Crippen molar-refractivity contribution in [2.75, 3.05) is 0 Å². The van der Waals surface area contributed by atoms with Crippen LogP contribution >= 0.6 is 0 Å². The summed E-state index contributed by atoms with van der Waals surface area (Å²) in [6.45, 7) is 0. The van der Waals surface area contributed by atoms with Gasteiger partial charge in [0.2, 0.25) is 0 Å². The molecule has 0 amide bonds. The lowest BCUT2D eigenvalue weighted by Gasteiger charge is -2.12. The van der Waals surface area contributed by atoms with E-state index >= 15 is 0 Å². The normalized spacial score (nSPS) is 11.3. The number of para-hydroxylation sites is 1. The molecule has 0 N–H and O–H groups in total. The molecule has 0 aliphatic heterocycles. The van der Waals surface area contributed by atoms with Crippen LogP contribution < -0.4 is 0 Å². The first-order valence-corrected chi connectivity index (χ1v) is 18.5. The zero-order valence-corrected chi connectivity index (χ0v) is 29.9. The van der Waals surface area contributed by atoms with Gasteiger partial charge in [0, 0.05) is 33.2 Å². The van der Waals surface area contributed by atoms with Crippen molar-refractivity contribution in [3.63, 3.8) is 0 Å². The summed E-state index contributed by atoms with van der Waals surface area (Å²) in [6.07, 6.45) is 0. The molecule has 258 valence electrons. The lowest BCUT2D eigenvalue weighted by atomic mass is 10.00. The smallest absolute Gasteiger partial charge is 0.164 e. The van der Waals surface area contributed by atoms with Crippen molar-refractivity contribution in [2.45, 2.75) is 0 Å². The highest BCUT2D eigenvalue weighted by atomic mass is 15.0. The van der Waals surface area contributed by atoms with Crippen molar-refractivity contribution in [3.8, 4) is 73.2 Å². The van der Waals surface area contributed by atoms with Crippen molar-refractivity contribution in [2.24, 2.45) is 0 Å². The van der Waals surface area contributed by atoms with Gasteiger partial charge in [-0.1, -0.05) is 182 Å². The van der Waals surface area contributed by atoms with Gasteiger partial charge in [-0.3, -0.25) is 0 Å². The Kier molecular flexibility index (Phi) is 8.12. The number of hydrogen-bond donors (Lipinski definition) is 0. The SMILES string of the molecule is c1ccc(-c2ccc(-c3cccc(-n4c5ccccc5c5ccc(-c6nc(-c7ccccc7)nc(-c7ccc(-c8ccccc8)cc7)n6)cc54)c3)cc2)cc1. The monoisotopic (exact) mass is 702 g/mol. The Hall–Kier alpha value is -7.43. The highest BCUT2D eigenvalue weighted by Crippen LogP contribution is 2.36. The van der Waals surface area contributed by atoms with E-state index in [2.05, 4.69) is 174 Å². The van der Waals surface area contributed by atoms with Crippen molar-refractivity contribution in [1.82, 2.24) is 19.5 Å². The zero-order chi connectivity index (χ0) is 36.6. The van der Waals surface area contributed by atoms with Gasteiger partial charge in [0.15, 0.2) is 17.5 Å². The fourth-order valence-electron chi connectivity index (χ4n) is 7.49. The number of rotatable bonds is 7. The van der Waals surface area contributed by atoms with E-state index in [0.717, 1.165) is 44.5 Å². The maximum atomic E-state index is 5.12. The van der Waals surface area contributed by atoms with E-state index in [1.807, 2.05) is 36.4 Å². The molecular formula is C51H34N4. The predicted octanol–water partition coefficient (Wildman–Crippen LogP) is 13.0. The zero-order valence-electron chi connectivity index (χ0n) is 29.9. The summed E-state index contributed by atoms with van der Waals surface area (Å²) in [6, 6.07) is 72.3. The van der Waals surface area contributed by atoms with Gasteiger partial charge in [0.1, 0.15) is 0 Å². The van der Waals surface area contributed by atoms with E-state index in [1.165, 1.54) is 33.0 Å². The molecule has 4 heteroatoms. The number of aromatic nitrogens is 4. The number of fused-ring (bicyclic) bond motifs is 3. The largest absolute Gasteiger partial charge is 0.309 e. The van der Waals surface area contributed by atoms with E-state index in [4.69, 9.17) is 15.0 Å². The first-order valence-electron chi connectivity index (χ1n) is 18.5. The third-order valence-corrected chi connectivity index (χ3v) is 10.3. The summed E-state index contributed by atoms with van der Waals surface area (Å²) in [5.74, 6) is 1.90. The van der Waals surface area contributed by atoms with Gasteiger partial charge in [0.25, 0.3) is 0 Å². The Bertz CT molecular complexity index is 2930. The predicted molar refractivity (Wildman–Crippen MR) is 227 cm³/mol. The minimum atomic E-state index is 0.627. The van der Waals surface area contributed by atoms with Crippen LogP contribution in [-0.2, 0) is 0 Å². The van der Waals surface area contributed by atoms with Gasteiger partial charge in [-0.05, 0) is 57.6 Å². The first kappa shape index (κ1) is 32.2. The minimum Gasteiger partial charge on any atom is -0.309 e. The molecule has 0 atom stereocenters. The molecule has 10 rings (SSSR count). The molecule has 0 bridgehead atoms. The van der Waals surface area contributed by atoms with Crippen LogP contribution in [0.3, 0.4) is 0 Å². The molecule has 8 aromatic carbocycles. The maximum Gasteiger partial charge on any atom is 0.164 e. The van der Waals surface area contributed by atoms with Crippen LogP contribution in [0.15, 0.2) is 206 Å². The molecule has 0 saturated heterocycles. The Morgan fingerprint density at radius 3 is 1.25 bits per heavy atom. The number of benzene rings is 8. The topological polar surface area (TPSA) is 43.6 Å². The van der Waals surface area contributed by atoms with E-state index in [9.17, 15) is 0 Å². The maximum absolute atomic E-state index is 5.12. The molecule has 2 aromatic heterocycles. The summed E-state index contributed by atoms with van der Waals surface area (Å²) in [5, 5.41) is 2.37. The third kappa shape index (κ3) is 6.16. The molecule has 0 fully saturated rings. The Morgan fingerprint density at radius 1 is 0.255 bits per heavy atom. The molecule has 4 nitrogen and oxygen atoms in total. The van der Waals surface area contributed by atoms with Crippen LogP contribution in [0, 0.1) is 0 Å². The summed E-state index contributed by atoms with van der Waals surface area (Å²) >= 11 is 0. The van der Waals surface area contributed by atoms with E-state index in [-0.39, 0.29) is 0 Å². The Morgan fingerprint density at radius 2 is 0.655 bits per heavy atom. The van der Waals surface area contributed by atoms with Gasteiger partial charge in [0.05, 0.1) is 11.0 Å². The van der Waals surface area contributed by atoms with Crippen LogP contribution in [0.1, 0.15) is 0 Å². The van der Waals surface area contributed by atoms with Crippen LogP contribution in [0.25, 0.3) is 95.0 Å². The second-order valence-electron chi connectivity index (χ2n) is 13.7. The van der Waals surface area contributed by atoms with Gasteiger partial charge in [-0.25, -0.2) is 15.0 Å². The Balaban J connectivity index is 1.09. The summed E-state index contributed by atoms with van der Waals surface area (Å²) in [5.41, 5.74) is 13.2. The van der Waals surface area contributed by atoms with Crippen LogP contribution in [0.5, 0.6) is 0 Å². The molecule has 10 aromatic rings. The number of hydrogen-bond acceptors (Lipinski definition) is 3. The van der Waals surface area contributed by atoms with Crippen LogP contribution in [0.2, 0.25) is 0 Å². The van der Waals surface area contributed by atoms with Crippen molar-refractivity contribution in [1.29, 1.82) is 0 Å². The second kappa shape index (κ2) is 13.8. The summed E-state index contributed by atoms with van der Waals surface area (Å²) < 4.78 is 2.36. The summed E-state index contributed by atoms with van der Waals surface area (Å²) in [4.78, 5) is 15.2. The molecule has 55 heavy (non-hydrogen) atoms. The number of nitrogens with zero attached hydrogens (tertiary/aromatic N) is 4. The lowest BCUT2D eigenvalue weighted by Crippen LogP contribution is -2.00. The van der Waals surface area contributed by atoms with Gasteiger partial charge in [-0.15, -0.1) is 0 Å². The quantitative estimate of drug-likeness (QED) is 0.166. The molecule has 0 unspecified atom stereocenters. The molecule has 0 aliphatic carbocycles. The molecule has 0 spiro atoms. The van der Waals surface area contributed by atoms with E-state index in [1.54, 1.807) is 0 Å². The average molecular weight is 703 g/mol. The first-order chi connectivity index (χ1) is 27.2. The summed E-state index contributed by atoms with van der Waals surface area (Å²) in [7, 11) is 0. The third-order valence-electron chi connectivity index (χ3n) is 10.3. The molecule has 2 heterocycles. The fourth-order valence-corrected chi connectivity index (χ4v) is 7.49. The van der Waals surface area contributed by atoms with Crippen LogP contribution in [-0.4, -0.2) is 19.5 Å². The van der Waals surface area contributed by atoms with Crippen molar-refractivity contribution >= 4 is 21.8 Å². The fraction of sp³-hybridized carbons (Fsp3) is 0. The van der Waals surface area contributed by atoms with Gasteiger partial charge < -0.3 is 4.57 Å². The van der Waals surface area contributed by atoms with Gasteiger partial charge in [-0.2, -0.15) is 0 Å². The molecule has 0 aliphatic rings.